The molecule has 0 aliphatic carbocycles. The van der Waals surface area contributed by atoms with Crippen molar-refractivity contribution in [1.29, 1.82) is 0 Å². The monoisotopic (exact) mass is 421 g/mol. The molecule has 2 aromatic carbocycles. The zero-order chi connectivity index (χ0) is 20.2. The summed E-state index contributed by atoms with van der Waals surface area (Å²) in [4.78, 5) is 23.9. The van der Waals surface area contributed by atoms with Crippen LogP contribution in [0.15, 0.2) is 60.7 Å². The van der Waals surface area contributed by atoms with E-state index in [4.69, 9.17) is 10.5 Å². The van der Waals surface area contributed by atoms with E-state index in [2.05, 4.69) is 10.6 Å². The highest BCUT2D eigenvalue weighted by Crippen LogP contribution is 2.12. The van der Waals surface area contributed by atoms with Crippen LogP contribution in [-0.2, 0) is 16.1 Å². The normalized spacial score (nSPS) is 12.2. The molecule has 0 aliphatic rings. The molecule has 5 N–H and O–H groups in total. The van der Waals surface area contributed by atoms with E-state index in [-0.39, 0.29) is 31.5 Å². The average molecular weight is 422 g/mol. The number of hydrogen-bond acceptors (Lipinski definition) is 5. The molecule has 2 aromatic rings. The zero-order valence-electron chi connectivity index (χ0n) is 16.1. The van der Waals surface area contributed by atoms with Crippen molar-refractivity contribution in [1.82, 2.24) is 10.6 Å². The van der Waals surface area contributed by atoms with E-state index in [0.717, 1.165) is 11.1 Å². The van der Waals surface area contributed by atoms with E-state index in [1.54, 1.807) is 0 Å². The minimum atomic E-state index is -0.722. The second-order valence-corrected chi connectivity index (χ2v) is 6.39. The molecule has 0 spiro atoms. The largest absolute Gasteiger partial charge is 0.445 e. The zero-order valence-corrected chi connectivity index (χ0v) is 16.9. The molecule has 0 heterocycles. The van der Waals surface area contributed by atoms with Gasteiger partial charge in [-0.2, -0.15) is 0 Å². The van der Waals surface area contributed by atoms with Crippen LogP contribution in [0.5, 0.6) is 0 Å². The first-order valence-corrected chi connectivity index (χ1v) is 9.26. The summed E-state index contributed by atoms with van der Waals surface area (Å²) < 4.78 is 5.11. The van der Waals surface area contributed by atoms with E-state index < -0.39 is 18.2 Å². The van der Waals surface area contributed by atoms with E-state index in [1.807, 2.05) is 60.7 Å². The van der Waals surface area contributed by atoms with Crippen LogP contribution in [0.3, 0.4) is 0 Å². The van der Waals surface area contributed by atoms with Crippen LogP contribution in [-0.4, -0.2) is 36.3 Å². The Morgan fingerprint density at radius 1 is 1.03 bits per heavy atom. The molecule has 0 saturated heterocycles. The fourth-order valence-corrected chi connectivity index (χ4v) is 2.62. The molecule has 0 radical (unpaired) electrons. The first kappa shape index (κ1) is 24.4. The Balaban J connectivity index is 0.00000420. The Morgan fingerprint density at radius 3 is 2.28 bits per heavy atom. The maximum Gasteiger partial charge on any atom is 0.407 e. The Bertz CT molecular complexity index is 731. The average Bonchev–Trinajstić information content (AvgIpc) is 2.74. The van der Waals surface area contributed by atoms with Gasteiger partial charge in [-0.25, -0.2) is 4.79 Å². The first-order valence-electron chi connectivity index (χ1n) is 9.26. The van der Waals surface area contributed by atoms with Crippen LogP contribution < -0.4 is 16.4 Å². The maximum atomic E-state index is 12.2. The topological polar surface area (TPSA) is 114 Å². The fourth-order valence-electron chi connectivity index (χ4n) is 2.62. The lowest BCUT2D eigenvalue weighted by Gasteiger charge is -2.19. The number of benzene rings is 2. The van der Waals surface area contributed by atoms with Gasteiger partial charge in [-0.3, -0.25) is 4.79 Å². The number of amides is 2. The molecule has 158 valence electrons. The number of aliphatic hydroxyl groups excluding tert-OH is 1. The summed E-state index contributed by atoms with van der Waals surface area (Å²) >= 11 is 0. The Kier molecular flexibility index (Phi) is 11.4. The molecule has 0 aliphatic heterocycles. The van der Waals surface area contributed by atoms with Crippen LogP contribution in [0.2, 0.25) is 0 Å². The number of nitrogens with one attached hydrogen (secondary N) is 2. The predicted octanol–water partition coefficient (Wildman–Crippen LogP) is 2.29. The van der Waals surface area contributed by atoms with Crippen molar-refractivity contribution >= 4 is 24.4 Å². The van der Waals surface area contributed by atoms with Crippen LogP contribution in [0.25, 0.3) is 0 Å². The highest BCUT2D eigenvalue weighted by molar-refractivity contribution is 5.85. The third kappa shape index (κ3) is 8.95. The number of ether oxygens (including phenoxy) is 1. The third-order valence-corrected chi connectivity index (χ3v) is 4.21. The van der Waals surface area contributed by atoms with Crippen molar-refractivity contribution in [3.63, 3.8) is 0 Å². The smallest absolute Gasteiger partial charge is 0.407 e. The Labute approximate surface area is 177 Å². The van der Waals surface area contributed by atoms with E-state index in [1.165, 1.54) is 0 Å². The van der Waals surface area contributed by atoms with E-state index >= 15 is 0 Å². The summed E-state index contributed by atoms with van der Waals surface area (Å²) in [6.45, 7) is 0.352. The fraction of sp³-hybridized carbons (Fsp3) is 0.333. The Hall–Kier alpha value is -2.61. The van der Waals surface area contributed by atoms with Crippen molar-refractivity contribution < 1.29 is 19.4 Å². The highest BCUT2D eigenvalue weighted by Gasteiger charge is 2.18. The van der Waals surface area contributed by atoms with Gasteiger partial charge in [-0.1, -0.05) is 60.7 Å². The van der Waals surface area contributed by atoms with Crippen molar-refractivity contribution in [2.24, 2.45) is 5.73 Å². The number of halogens is 1. The number of carbonyl (C=O) groups excluding carboxylic acids is 2. The van der Waals surface area contributed by atoms with Gasteiger partial charge in [-0.05, 0) is 24.0 Å². The molecule has 0 unspecified atom stereocenters. The maximum absolute atomic E-state index is 12.2. The lowest BCUT2D eigenvalue weighted by molar-refractivity contribution is -0.123. The number of aliphatic hydroxyl groups is 1. The molecule has 0 bridgehead atoms. The molecule has 29 heavy (non-hydrogen) atoms. The highest BCUT2D eigenvalue weighted by atomic mass is 35.5. The molecule has 7 nitrogen and oxygen atoms in total. The van der Waals surface area contributed by atoms with Gasteiger partial charge >= 0.3 is 6.09 Å². The number of rotatable bonds is 10. The van der Waals surface area contributed by atoms with Crippen molar-refractivity contribution in [2.75, 3.05) is 13.2 Å². The van der Waals surface area contributed by atoms with Crippen LogP contribution in [0.1, 0.15) is 30.0 Å². The van der Waals surface area contributed by atoms with Crippen LogP contribution >= 0.6 is 12.4 Å². The molecular weight excluding hydrogens is 394 g/mol. The van der Waals surface area contributed by atoms with Gasteiger partial charge in [0, 0.05) is 6.54 Å². The quantitative estimate of drug-likeness (QED) is 0.439. The Morgan fingerprint density at radius 2 is 1.66 bits per heavy atom. The summed E-state index contributed by atoms with van der Waals surface area (Å²) in [5, 5.41) is 14.9. The van der Waals surface area contributed by atoms with Gasteiger partial charge in [0.1, 0.15) is 6.61 Å². The first-order chi connectivity index (χ1) is 13.6. The van der Waals surface area contributed by atoms with Crippen molar-refractivity contribution in [3.8, 4) is 0 Å². The van der Waals surface area contributed by atoms with Crippen LogP contribution in [0, 0.1) is 0 Å². The van der Waals surface area contributed by atoms with E-state index in [9.17, 15) is 14.7 Å². The lowest BCUT2D eigenvalue weighted by atomic mass is 10.1. The standard InChI is InChI=1S/C21H27N3O4.ClH/c22-18(20(26)24-19(14-25)17-10-5-2-6-11-17)12-7-13-23-21(27)28-15-16-8-3-1-4-9-16;/h1-6,8-11,18-19,25H,7,12-15,22H2,(H,23,27)(H,24,26);1H/t18-,19-;/m0./s1. The summed E-state index contributed by atoms with van der Waals surface area (Å²) in [7, 11) is 0. The second kappa shape index (κ2) is 13.5. The number of hydrogen-bond donors (Lipinski definition) is 4. The van der Waals surface area contributed by atoms with Crippen LogP contribution in [0.4, 0.5) is 4.79 Å². The van der Waals surface area contributed by atoms with Crippen molar-refractivity contribution in [2.45, 2.75) is 31.5 Å². The van der Waals surface area contributed by atoms with Gasteiger partial charge in [0.2, 0.25) is 5.91 Å². The van der Waals surface area contributed by atoms with Crippen molar-refractivity contribution in [3.05, 3.63) is 71.8 Å². The lowest BCUT2D eigenvalue weighted by Crippen LogP contribution is -2.43. The molecule has 0 fully saturated rings. The third-order valence-electron chi connectivity index (χ3n) is 4.21. The molecular formula is C21H28ClN3O4. The van der Waals surface area contributed by atoms with E-state index in [0.29, 0.717) is 19.4 Å². The summed E-state index contributed by atoms with van der Waals surface area (Å²) in [5.74, 6) is -0.338. The molecule has 2 atom stereocenters. The molecule has 2 rings (SSSR count). The number of carbonyl (C=O) groups is 2. The molecule has 8 heteroatoms. The molecule has 2 amide bonds. The summed E-state index contributed by atoms with van der Waals surface area (Å²) in [6.07, 6.45) is 0.424. The minimum absolute atomic E-state index is 0. The van der Waals surface area contributed by atoms with Gasteiger partial charge in [-0.15, -0.1) is 12.4 Å². The summed E-state index contributed by atoms with van der Waals surface area (Å²) in [5.41, 5.74) is 7.64. The second-order valence-electron chi connectivity index (χ2n) is 6.39. The van der Waals surface area contributed by atoms with Gasteiger partial charge in [0.05, 0.1) is 18.7 Å². The predicted molar refractivity (Wildman–Crippen MR) is 113 cm³/mol. The molecule has 0 aromatic heterocycles. The van der Waals surface area contributed by atoms with Gasteiger partial charge in [0.15, 0.2) is 0 Å². The number of nitrogens with two attached hydrogens (primary N) is 1. The minimum Gasteiger partial charge on any atom is -0.445 e. The van der Waals surface area contributed by atoms with Gasteiger partial charge in [0.25, 0.3) is 0 Å². The number of alkyl carbamates (subject to hydrolysis) is 1. The summed E-state index contributed by atoms with van der Waals surface area (Å²) in [6, 6.07) is 17.4. The SMILES string of the molecule is Cl.N[C@@H](CCCNC(=O)OCc1ccccc1)C(=O)N[C@@H](CO)c1ccccc1. The van der Waals surface area contributed by atoms with Gasteiger partial charge < -0.3 is 26.2 Å². The molecule has 0 saturated carbocycles.